The van der Waals surface area contributed by atoms with Crippen molar-refractivity contribution in [1.29, 1.82) is 0 Å². The van der Waals surface area contributed by atoms with E-state index < -0.39 is 29.8 Å². The average Bonchev–Trinajstić information content (AvgIpc) is 2.72. The lowest BCUT2D eigenvalue weighted by atomic mass is 9.52. The van der Waals surface area contributed by atoms with E-state index in [1.807, 2.05) is 0 Å². The van der Waals surface area contributed by atoms with Gasteiger partial charge in [-0.3, -0.25) is 9.59 Å². The first-order valence-corrected chi connectivity index (χ1v) is 8.93. The number of fused-ring (bicyclic) bond motifs is 2. The Kier molecular flexibility index (Phi) is 4.20. The Labute approximate surface area is 147 Å². The zero-order valence-electron chi connectivity index (χ0n) is 15.5. The van der Waals surface area contributed by atoms with Crippen molar-refractivity contribution in [2.24, 2.45) is 17.3 Å². The number of hydrogen-bond donors (Lipinski definition) is 0. The van der Waals surface area contributed by atoms with Crippen molar-refractivity contribution in [3.8, 4) is 0 Å². The fourth-order valence-electron chi connectivity index (χ4n) is 5.05. The standard InChI is InChI=1S/C19H26O6/c1-10-7-6-8-14-9-19(24-13(4)21)15(11(2)17(22)25-19)16(18(10,14)5)23-12(3)20/h10,14,16H,6-9H2,1-5H3/t10-,14+,16+,18+,19+/m0/s1. The van der Waals surface area contributed by atoms with E-state index in [2.05, 4.69) is 13.8 Å². The van der Waals surface area contributed by atoms with Crippen LogP contribution in [-0.2, 0) is 28.6 Å². The van der Waals surface area contributed by atoms with E-state index in [0.29, 0.717) is 23.5 Å². The lowest BCUT2D eigenvalue weighted by molar-refractivity contribution is -0.239. The molecule has 5 atom stereocenters. The molecule has 0 radical (unpaired) electrons. The molecule has 0 unspecified atom stereocenters. The molecule has 0 aromatic rings. The summed E-state index contributed by atoms with van der Waals surface area (Å²) < 4.78 is 16.9. The molecule has 25 heavy (non-hydrogen) atoms. The van der Waals surface area contributed by atoms with Gasteiger partial charge in [-0.1, -0.05) is 26.7 Å². The van der Waals surface area contributed by atoms with Gasteiger partial charge in [-0.05, 0) is 25.2 Å². The summed E-state index contributed by atoms with van der Waals surface area (Å²) >= 11 is 0. The predicted octanol–water partition coefficient (Wildman–Crippen LogP) is 2.90. The van der Waals surface area contributed by atoms with Gasteiger partial charge in [-0.2, -0.15) is 0 Å². The summed E-state index contributed by atoms with van der Waals surface area (Å²) in [6.45, 7) is 8.59. The van der Waals surface area contributed by atoms with Crippen LogP contribution < -0.4 is 0 Å². The van der Waals surface area contributed by atoms with Gasteiger partial charge in [0.15, 0.2) is 0 Å². The maximum absolute atomic E-state index is 12.3. The second kappa shape index (κ2) is 5.85. The molecule has 1 aliphatic heterocycles. The molecule has 0 N–H and O–H groups in total. The largest absolute Gasteiger partial charge is 0.457 e. The van der Waals surface area contributed by atoms with Crippen molar-refractivity contribution in [2.45, 2.75) is 72.2 Å². The molecule has 3 rings (SSSR count). The predicted molar refractivity (Wildman–Crippen MR) is 88.1 cm³/mol. The second-order valence-corrected chi connectivity index (χ2v) is 7.86. The number of esters is 3. The molecule has 0 amide bonds. The Morgan fingerprint density at radius 3 is 2.48 bits per heavy atom. The number of carbonyl (C=O) groups is 3. The third kappa shape index (κ3) is 2.57. The molecule has 0 bridgehead atoms. The number of ether oxygens (including phenoxy) is 3. The van der Waals surface area contributed by atoms with Gasteiger partial charge in [0.2, 0.25) is 0 Å². The highest BCUT2D eigenvalue weighted by Crippen LogP contribution is 2.61. The van der Waals surface area contributed by atoms with Crippen LogP contribution in [0.25, 0.3) is 0 Å². The third-order valence-electron chi connectivity index (χ3n) is 6.44. The van der Waals surface area contributed by atoms with Crippen LogP contribution >= 0.6 is 0 Å². The molecular weight excluding hydrogens is 324 g/mol. The van der Waals surface area contributed by atoms with Crippen LogP contribution in [-0.4, -0.2) is 29.8 Å². The molecule has 1 heterocycles. The van der Waals surface area contributed by atoms with Crippen LogP contribution in [0.2, 0.25) is 0 Å². The fraction of sp³-hybridized carbons (Fsp3) is 0.737. The Morgan fingerprint density at radius 2 is 1.88 bits per heavy atom. The lowest BCUT2D eigenvalue weighted by Gasteiger charge is -2.56. The van der Waals surface area contributed by atoms with Gasteiger partial charge in [0.1, 0.15) is 6.10 Å². The Balaban J connectivity index is 2.18. The van der Waals surface area contributed by atoms with Crippen molar-refractivity contribution >= 4 is 17.9 Å². The Hall–Kier alpha value is -1.85. The zero-order valence-corrected chi connectivity index (χ0v) is 15.5. The SMILES string of the molecule is CC(=O)O[C@@H]1C2=C(C)C(=O)O[C@]2(OC(C)=O)C[C@H]2CCC[C@H](C)[C@]21C. The second-order valence-electron chi connectivity index (χ2n) is 7.86. The molecule has 6 nitrogen and oxygen atoms in total. The topological polar surface area (TPSA) is 78.9 Å². The zero-order chi connectivity index (χ0) is 18.6. The van der Waals surface area contributed by atoms with Gasteiger partial charge >= 0.3 is 17.9 Å². The van der Waals surface area contributed by atoms with Crippen molar-refractivity contribution < 1.29 is 28.6 Å². The minimum atomic E-state index is -1.44. The van der Waals surface area contributed by atoms with Gasteiger partial charge in [-0.15, -0.1) is 0 Å². The van der Waals surface area contributed by atoms with E-state index in [4.69, 9.17) is 14.2 Å². The van der Waals surface area contributed by atoms with Crippen LogP contribution in [0.3, 0.4) is 0 Å². The summed E-state index contributed by atoms with van der Waals surface area (Å²) in [4.78, 5) is 36.0. The van der Waals surface area contributed by atoms with Crippen molar-refractivity contribution in [2.75, 3.05) is 0 Å². The summed E-state index contributed by atoms with van der Waals surface area (Å²) in [5.41, 5.74) is 0.568. The Morgan fingerprint density at radius 1 is 1.20 bits per heavy atom. The van der Waals surface area contributed by atoms with Crippen molar-refractivity contribution in [1.82, 2.24) is 0 Å². The summed E-state index contributed by atoms with van der Waals surface area (Å²) in [5.74, 6) is -2.45. The highest BCUT2D eigenvalue weighted by Gasteiger charge is 2.66. The fourth-order valence-corrected chi connectivity index (χ4v) is 5.05. The minimum Gasteiger partial charge on any atom is -0.457 e. The van der Waals surface area contributed by atoms with E-state index in [0.717, 1.165) is 19.3 Å². The van der Waals surface area contributed by atoms with E-state index in [1.165, 1.54) is 13.8 Å². The minimum absolute atomic E-state index is 0.127. The van der Waals surface area contributed by atoms with Gasteiger partial charge in [-0.25, -0.2) is 4.79 Å². The molecular formula is C19H26O6. The molecule has 2 aliphatic carbocycles. The molecule has 0 aromatic carbocycles. The van der Waals surface area contributed by atoms with E-state index in [1.54, 1.807) is 6.92 Å². The molecule has 0 saturated heterocycles. The monoisotopic (exact) mass is 350 g/mol. The summed E-state index contributed by atoms with van der Waals surface area (Å²) in [7, 11) is 0. The molecule has 3 aliphatic rings. The van der Waals surface area contributed by atoms with Crippen LogP contribution in [0.1, 0.15) is 60.3 Å². The van der Waals surface area contributed by atoms with Crippen molar-refractivity contribution in [3.63, 3.8) is 0 Å². The summed E-state index contributed by atoms with van der Waals surface area (Å²) in [6, 6.07) is 0. The first-order valence-electron chi connectivity index (χ1n) is 8.93. The van der Waals surface area contributed by atoms with E-state index >= 15 is 0 Å². The first-order chi connectivity index (χ1) is 11.6. The molecule has 0 spiro atoms. The first kappa shape index (κ1) is 18.0. The van der Waals surface area contributed by atoms with Gasteiger partial charge in [0, 0.05) is 31.3 Å². The number of carbonyl (C=O) groups excluding carboxylic acids is 3. The molecule has 0 aromatic heterocycles. The number of rotatable bonds is 2. The lowest BCUT2D eigenvalue weighted by Crippen LogP contribution is -2.60. The quantitative estimate of drug-likeness (QED) is 0.713. The summed E-state index contributed by atoms with van der Waals surface area (Å²) in [5, 5.41) is 0. The van der Waals surface area contributed by atoms with Crippen LogP contribution in [0.5, 0.6) is 0 Å². The third-order valence-corrected chi connectivity index (χ3v) is 6.44. The average molecular weight is 350 g/mol. The maximum Gasteiger partial charge on any atom is 0.337 e. The molecule has 2 saturated carbocycles. The highest BCUT2D eigenvalue weighted by atomic mass is 16.7. The maximum atomic E-state index is 12.3. The van der Waals surface area contributed by atoms with E-state index in [9.17, 15) is 14.4 Å². The van der Waals surface area contributed by atoms with Gasteiger partial charge < -0.3 is 14.2 Å². The highest BCUT2D eigenvalue weighted by molar-refractivity contribution is 5.93. The smallest absolute Gasteiger partial charge is 0.337 e. The van der Waals surface area contributed by atoms with Crippen molar-refractivity contribution in [3.05, 3.63) is 11.1 Å². The molecule has 6 heteroatoms. The molecule has 2 fully saturated rings. The van der Waals surface area contributed by atoms with Crippen LogP contribution in [0.4, 0.5) is 0 Å². The van der Waals surface area contributed by atoms with Gasteiger partial charge in [0.25, 0.3) is 5.79 Å². The normalized spacial score (nSPS) is 40.0. The van der Waals surface area contributed by atoms with E-state index in [-0.39, 0.29) is 11.3 Å². The summed E-state index contributed by atoms with van der Waals surface area (Å²) in [6.07, 6.45) is 2.79. The van der Waals surface area contributed by atoms with Crippen LogP contribution in [0.15, 0.2) is 11.1 Å². The molecule has 138 valence electrons. The van der Waals surface area contributed by atoms with Crippen LogP contribution in [0, 0.1) is 17.3 Å². The van der Waals surface area contributed by atoms with Gasteiger partial charge in [0.05, 0.1) is 5.57 Å². The Bertz CT molecular complexity index is 665. The number of hydrogen-bond acceptors (Lipinski definition) is 6.